The number of pyridine rings is 1. The van der Waals surface area contributed by atoms with Crippen molar-refractivity contribution in [1.82, 2.24) is 10.3 Å². The summed E-state index contributed by atoms with van der Waals surface area (Å²) >= 11 is 3.40. The molecular weight excluding hydrogens is 471 g/mol. The molecule has 0 atom stereocenters. The number of aromatic nitrogens is 1. The molecule has 7 heteroatoms. The zero-order valence-corrected chi connectivity index (χ0v) is 16.5. The minimum Gasteiger partial charge on any atom is -0.492 e. The average Bonchev–Trinajstić information content (AvgIpc) is 2.53. The van der Waals surface area contributed by atoms with Crippen LogP contribution in [0.1, 0.15) is 5.69 Å². The van der Waals surface area contributed by atoms with Gasteiger partial charge in [-0.3, -0.25) is 9.98 Å². The minimum atomic E-state index is 0. The summed E-state index contributed by atoms with van der Waals surface area (Å²) in [5.74, 6) is 1.25. The number of rotatable bonds is 7. The van der Waals surface area contributed by atoms with Gasteiger partial charge in [0, 0.05) is 29.3 Å². The molecule has 0 unspecified atom stereocenters. The molecule has 2 aromatic rings. The van der Waals surface area contributed by atoms with Gasteiger partial charge < -0.3 is 15.8 Å². The molecule has 3 N–H and O–H groups in total. The van der Waals surface area contributed by atoms with Crippen LogP contribution in [0.4, 0.5) is 0 Å². The number of hydrogen-bond acceptors (Lipinski definition) is 3. The Morgan fingerprint density at radius 3 is 2.87 bits per heavy atom. The van der Waals surface area contributed by atoms with Crippen molar-refractivity contribution >= 4 is 45.9 Å². The summed E-state index contributed by atoms with van der Waals surface area (Å²) in [6.45, 7) is 1.74. The lowest BCUT2D eigenvalue weighted by Crippen LogP contribution is -2.35. The molecule has 0 bridgehead atoms. The maximum atomic E-state index is 5.80. The molecule has 1 aromatic carbocycles. The highest BCUT2D eigenvalue weighted by Gasteiger charge is 1.96. The Labute approximate surface area is 161 Å². The molecule has 0 fully saturated rings. The Hall–Kier alpha value is -1.35. The van der Waals surface area contributed by atoms with Crippen LogP contribution in [0.3, 0.4) is 0 Å². The first-order valence-corrected chi connectivity index (χ1v) is 7.85. The highest BCUT2D eigenvalue weighted by Crippen LogP contribution is 2.17. The molecule has 23 heavy (non-hydrogen) atoms. The van der Waals surface area contributed by atoms with Crippen LogP contribution >= 0.6 is 39.9 Å². The van der Waals surface area contributed by atoms with E-state index in [0.717, 1.165) is 22.3 Å². The van der Waals surface area contributed by atoms with Crippen LogP contribution in [0.25, 0.3) is 0 Å². The van der Waals surface area contributed by atoms with Crippen molar-refractivity contribution in [3.05, 3.63) is 58.8 Å². The van der Waals surface area contributed by atoms with Crippen LogP contribution in [0.5, 0.6) is 5.75 Å². The zero-order chi connectivity index (χ0) is 15.6. The second kappa shape index (κ2) is 11.2. The number of nitrogens with two attached hydrogens (primary N) is 1. The van der Waals surface area contributed by atoms with Crippen LogP contribution in [0.2, 0.25) is 0 Å². The van der Waals surface area contributed by atoms with Gasteiger partial charge in [-0.05, 0) is 30.3 Å². The van der Waals surface area contributed by atoms with Gasteiger partial charge in [-0.25, -0.2) is 0 Å². The average molecular weight is 491 g/mol. The highest BCUT2D eigenvalue weighted by molar-refractivity contribution is 14.0. The van der Waals surface area contributed by atoms with Gasteiger partial charge in [0.1, 0.15) is 12.4 Å². The number of nitrogens with one attached hydrogen (secondary N) is 1. The molecule has 0 spiro atoms. The van der Waals surface area contributed by atoms with E-state index in [9.17, 15) is 0 Å². The normalized spacial score (nSPS) is 10.7. The monoisotopic (exact) mass is 490 g/mol. The Kier molecular flexibility index (Phi) is 9.61. The van der Waals surface area contributed by atoms with Crippen molar-refractivity contribution in [2.24, 2.45) is 10.7 Å². The van der Waals surface area contributed by atoms with Gasteiger partial charge in [0.15, 0.2) is 5.96 Å². The van der Waals surface area contributed by atoms with Gasteiger partial charge in [0.25, 0.3) is 0 Å². The van der Waals surface area contributed by atoms with E-state index in [4.69, 9.17) is 10.5 Å². The number of benzene rings is 1. The summed E-state index contributed by atoms with van der Waals surface area (Å²) < 4.78 is 6.59. The number of hydrogen-bond donors (Lipinski definition) is 2. The fraction of sp³-hybridized carbons (Fsp3) is 0.250. The molecule has 2 rings (SSSR count). The van der Waals surface area contributed by atoms with E-state index in [1.807, 2.05) is 42.5 Å². The Morgan fingerprint density at radius 1 is 1.26 bits per heavy atom. The molecule has 5 nitrogen and oxygen atoms in total. The van der Waals surface area contributed by atoms with Gasteiger partial charge in [0.2, 0.25) is 0 Å². The second-order valence-corrected chi connectivity index (χ2v) is 5.49. The molecule has 0 aliphatic rings. The largest absolute Gasteiger partial charge is 0.492 e. The zero-order valence-electron chi connectivity index (χ0n) is 12.6. The number of nitrogens with zero attached hydrogens (tertiary/aromatic N) is 2. The standard InChI is InChI=1S/C16H19BrN4O.HI/c17-13-4-3-6-15(12-13)22-11-10-21-16(18)20-9-7-14-5-1-2-8-19-14;/h1-6,8,12H,7,9-11H2,(H3,18,20,21);1H. The summed E-state index contributed by atoms with van der Waals surface area (Å²) in [5, 5.41) is 3.02. The number of halogens is 2. The summed E-state index contributed by atoms with van der Waals surface area (Å²) in [6, 6.07) is 13.6. The predicted octanol–water partition coefficient (Wildman–Crippen LogP) is 2.99. The van der Waals surface area contributed by atoms with Crippen molar-refractivity contribution in [1.29, 1.82) is 0 Å². The van der Waals surface area contributed by atoms with Crippen LogP contribution in [0.15, 0.2) is 58.1 Å². The van der Waals surface area contributed by atoms with Crippen LogP contribution in [-0.2, 0) is 6.42 Å². The summed E-state index contributed by atoms with van der Waals surface area (Å²) in [5.41, 5.74) is 6.81. The molecule has 0 saturated heterocycles. The Morgan fingerprint density at radius 2 is 2.13 bits per heavy atom. The van der Waals surface area contributed by atoms with Crippen LogP contribution < -0.4 is 15.8 Å². The first-order valence-electron chi connectivity index (χ1n) is 7.06. The smallest absolute Gasteiger partial charge is 0.188 e. The topological polar surface area (TPSA) is 72.5 Å². The summed E-state index contributed by atoms with van der Waals surface area (Å²) in [6.07, 6.45) is 2.55. The highest BCUT2D eigenvalue weighted by atomic mass is 127. The predicted molar refractivity (Wildman–Crippen MR) is 107 cm³/mol. The first kappa shape index (κ1) is 19.7. The van der Waals surface area contributed by atoms with Crippen molar-refractivity contribution in [2.45, 2.75) is 6.42 Å². The van der Waals surface area contributed by atoms with Crippen molar-refractivity contribution in [3.8, 4) is 5.75 Å². The summed E-state index contributed by atoms with van der Waals surface area (Å²) in [7, 11) is 0. The van der Waals surface area contributed by atoms with E-state index in [2.05, 4.69) is 31.2 Å². The van der Waals surface area contributed by atoms with E-state index >= 15 is 0 Å². The quantitative estimate of drug-likeness (QED) is 0.271. The molecule has 0 amide bonds. The van der Waals surface area contributed by atoms with E-state index in [1.165, 1.54) is 0 Å². The third kappa shape index (κ3) is 8.17. The van der Waals surface area contributed by atoms with Gasteiger partial charge in [-0.2, -0.15) is 0 Å². The van der Waals surface area contributed by atoms with E-state index < -0.39 is 0 Å². The first-order chi connectivity index (χ1) is 10.7. The van der Waals surface area contributed by atoms with E-state index in [-0.39, 0.29) is 24.0 Å². The lowest BCUT2D eigenvalue weighted by atomic mass is 10.3. The lowest BCUT2D eigenvalue weighted by Gasteiger charge is -2.08. The second-order valence-electron chi connectivity index (χ2n) is 4.57. The number of guanidine groups is 1. The molecule has 1 heterocycles. The molecule has 0 radical (unpaired) electrons. The molecule has 124 valence electrons. The minimum absolute atomic E-state index is 0. The third-order valence-electron chi connectivity index (χ3n) is 2.85. The van der Waals surface area contributed by atoms with Gasteiger partial charge >= 0.3 is 0 Å². The fourth-order valence-corrected chi connectivity index (χ4v) is 2.18. The van der Waals surface area contributed by atoms with E-state index in [0.29, 0.717) is 25.7 Å². The van der Waals surface area contributed by atoms with E-state index in [1.54, 1.807) is 6.20 Å². The molecular formula is C16H20BrIN4O. The van der Waals surface area contributed by atoms with Gasteiger partial charge in [0.05, 0.1) is 6.54 Å². The summed E-state index contributed by atoms with van der Waals surface area (Å²) in [4.78, 5) is 8.50. The fourth-order valence-electron chi connectivity index (χ4n) is 1.80. The van der Waals surface area contributed by atoms with Crippen molar-refractivity contribution in [3.63, 3.8) is 0 Å². The molecule has 0 aliphatic heterocycles. The van der Waals surface area contributed by atoms with Gasteiger partial charge in [-0.1, -0.05) is 28.1 Å². The SMILES string of the molecule is I.NC(=NCCc1ccccn1)NCCOc1cccc(Br)c1. The number of aliphatic imine (C=N–C) groups is 1. The molecule has 1 aromatic heterocycles. The van der Waals surface area contributed by atoms with Crippen molar-refractivity contribution in [2.75, 3.05) is 19.7 Å². The van der Waals surface area contributed by atoms with Crippen LogP contribution in [-0.4, -0.2) is 30.6 Å². The lowest BCUT2D eigenvalue weighted by molar-refractivity contribution is 0.322. The molecule has 0 aliphatic carbocycles. The molecule has 0 saturated carbocycles. The van der Waals surface area contributed by atoms with Gasteiger partial charge in [-0.15, -0.1) is 24.0 Å². The maximum absolute atomic E-state index is 5.80. The Bertz CT molecular complexity index is 610. The van der Waals surface area contributed by atoms with Crippen molar-refractivity contribution < 1.29 is 4.74 Å². The van der Waals surface area contributed by atoms with Crippen LogP contribution in [0, 0.1) is 0 Å². The third-order valence-corrected chi connectivity index (χ3v) is 3.34. The number of ether oxygens (including phenoxy) is 1. The maximum Gasteiger partial charge on any atom is 0.188 e. The Balaban J connectivity index is 0.00000264.